The number of thiophene rings is 1. The van der Waals surface area contributed by atoms with Gasteiger partial charge in [0.1, 0.15) is 5.01 Å². The van der Waals surface area contributed by atoms with Gasteiger partial charge < -0.3 is 5.32 Å². The molecular formula is C18H14N2O2S2. The molecule has 0 spiro atoms. The van der Waals surface area contributed by atoms with Gasteiger partial charge in [0.15, 0.2) is 5.78 Å². The number of hydrogen-bond donors (Lipinski definition) is 1. The predicted octanol–water partition coefficient (Wildman–Crippen LogP) is 4.73. The third-order valence-corrected chi connectivity index (χ3v) is 4.76. The number of nitrogens with zero attached hydrogens (tertiary/aromatic N) is 1. The van der Waals surface area contributed by atoms with E-state index >= 15 is 0 Å². The number of ketones is 1. The standard InChI is InChI=1S/C18H14N2O2S2/c1-12(21)19-15-4-2-3-13(9-15)17(22)6-5-16-11-24-18(20-16)14-7-8-23-10-14/h2-11H,1H3,(H,19,21). The molecule has 6 heteroatoms. The molecule has 0 unspecified atom stereocenters. The largest absolute Gasteiger partial charge is 0.326 e. The van der Waals surface area contributed by atoms with E-state index in [1.807, 2.05) is 22.2 Å². The smallest absolute Gasteiger partial charge is 0.221 e. The van der Waals surface area contributed by atoms with Gasteiger partial charge in [-0.15, -0.1) is 11.3 Å². The van der Waals surface area contributed by atoms with E-state index in [0.29, 0.717) is 11.3 Å². The molecule has 0 aliphatic carbocycles. The van der Waals surface area contributed by atoms with Crippen LogP contribution in [0.4, 0.5) is 5.69 Å². The van der Waals surface area contributed by atoms with Gasteiger partial charge in [0.25, 0.3) is 0 Å². The van der Waals surface area contributed by atoms with Gasteiger partial charge in [0.05, 0.1) is 5.69 Å². The van der Waals surface area contributed by atoms with Gasteiger partial charge in [-0.25, -0.2) is 4.98 Å². The Kier molecular flexibility index (Phi) is 4.98. The molecule has 0 fully saturated rings. The number of carbonyl (C=O) groups is 2. The lowest BCUT2D eigenvalue weighted by Gasteiger charge is -2.03. The van der Waals surface area contributed by atoms with Crippen LogP contribution in [0.5, 0.6) is 0 Å². The van der Waals surface area contributed by atoms with Crippen molar-refractivity contribution in [3.63, 3.8) is 0 Å². The number of anilines is 1. The topological polar surface area (TPSA) is 59.1 Å². The van der Waals surface area contributed by atoms with E-state index in [2.05, 4.69) is 10.3 Å². The van der Waals surface area contributed by atoms with Gasteiger partial charge in [0.2, 0.25) is 5.91 Å². The lowest BCUT2D eigenvalue weighted by atomic mass is 10.1. The number of rotatable bonds is 5. The highest BCUT2D eigenvalue weighted by atomic mass is 32.1. The highest BCUT2D eigenvalue weighted by molar-refractivity contribution is 7.14. The number of nitrogens with one attached hydrogen (secondary N) is 1. The number of benzene rings is 1. The van der Waals surface area contributed by atoms with Crippen LogP contribution in [-0.4, -0.2) is 16.7 Å². The van der Waals surface area contributed by atoms with Gasteiger partial charge in [-0.05, 0) is 35.7 Å². The average molecular weight is 354 g/mol. The van der Waals surface area contributed by atoms with Crippen molar-refractivity contribution in [1.29, 1.82) is 0 Å². The van der Waals surface area contributed by atoms with E-state index in [4.69, 9.17) is 0 Å². The van der Waals surface area contributed by atoms with Crippen molar-refractivity contribution in [3.8, 4) is 10.6 Å². The highest BCUT2D eigenvalue weighted by Crippen LogP contribution is 2.26. The van der Waals surface area contributed by atoms with E-state index in [9.17, 15) is 9.59 Å². The van der Waals surface area contributed by atoms with Crippen LogP contribution < -0.4 is 5.32 Å². The maximum Gasteiger partial charge on any atom is 0.221 e. The first-order valence-electron chi connectivity index (χ1n) is 7.20. The summed E-state index contributed by atoms with van der Waals surface area (Å²) in [6.07, 6.45) is 3.21. The minimum atomic E-state index is -0.168. The zero-order valence-electron chi connectivity index (χ0n) is 12.9. The molecule has 3 aromatic rings. The Morgan fingerprint density at radius 3 is 2.83 bits per heavy atom. The van der Waals surface area contributed by atoms with Crippen molar-refractivity contribution in [2.45, 2.75) is 6.92 Å². The van der Waals surface area contributed by atoms with E-state index in [1.54, 1.807) is 53.0 Å². The molecule has 0 radical (unpaired) electrons. The zero-order valence-corrected chi connectivity index (χ0v) is 14.5. The lowest BCUT2D eigenvalue weighted by molar-refractivity contribution is -0.114. The van der Waals surface area contributed by atoms with Crippen molar-refractivity contribution in [2.75, 3.05) is 5.32 Å². The summed E-state index contributed by atoms with van der Waals surface area (Å²) in [7, 11) is 0. The van der Waals surface area contributed by atoms with Crippen LogP contribution in [0.2, 0.25) is 0 Å². The lowest BCUT2D eigenvalue weighted by Crippen LogP contribution is -2.06. The number of carbonyl (C=O) groups excluding carboxylic acids is 2. The zero-order chi connectivity index (χ0) is 16.9. The van der Waals surface area contributed by atoms with Crippen LogP contribution >= 0.6 is 22.7 Å². The maximum absolute atomic E-state index is 12.3. The molecule has 0 saturated heterocycles. The SMILES string of the molecule is CC(=O)Nc1cccc(C(=O)C=Cc2csc(-c3ccsc3)n2)c1. The van der Waals surface area contributed by atoms with E-state index < -0.39 is 0 Å². The number of thiazole rings is 1. The second kappa shape index (κ2) is 7.33. The normalized spacial score (nSPS) is 10.9. The molecular weight excluding hydrogens is 340 g/mol. The highest BCUT2D eigenvalue weighted by Gasteiger charge is 2.06. The molecule has 0 aliphatic rings. The van der Waals surface area contributed by atoms with Crippen LogP contribution in [0, 0.1) is 0 Å². The van der Waals surface area contributed by atoms with Gasteiger partial charge in [-0.2, -0.15) is 11.3 Å². The molecule has 2 heterocycles. The van der Waals surface area contributed by atoms with Crippen LogP contribution in [0.25, 0.3) is 16.6 Å². The Labute approximate surface area is 147 Å². The van der Waals surface area contributed by atoms with Crippen LogP contribution in [0.1, 0.15) is 23.0 Å². The molecule has 1 amide bonds. The van der Waals surface area contributed by atoms with Crippen molar-refractivity contribution >= 4 is 46.1 Å². The molecule has 4 nitrogen and oxygen atoms in total. The molecule has 0 atom stereocenters. The fourth-order valence-corrected chi connectivity index (χ4v) is 3.59. The van der Waals surface area contributed by atoms with E-state index in [1.165, 1.54) is 13.0 Å². The maximum atomic E-state index is 12.3. The molecule has 1 N–H and O–H groups in total. The summed E-state index contributed by atoms with van der Waals surface area (Å²) in [6.45, 7) is 1.43. The predicted molar refractivity (Wildman–Crippen MR) is 99.5 cm³/mol. The fraction of sp³-hybridized carbons (Fsp3) is 0.0556. The Balaban J connectivity index is 1.72. The molecule has 24 heavy (non-hydrogen) atoms. The monoisotopic (exact) mass is 354 g/mol. The summed E-state index contributed by atoms with van der Waals surface area (Å²) >= 11 is 3.18. The molecule has 2 aromatic heterocycles. The van der Waals surface area contributed by atoms with Crippen molar-refractivity contribution < 1.29 is 9.59 Å². The first-order valence-corrected chi connectivity index (χ1v) is 9.02. The molecule has 120 valence electrons. The van der Waals surface area contributed by atoms with Crippen LogP contribution in [0.15, 0.2) is 52.5 Å². The molecule has 0 saturated carbocycles. The Morgan fingerprint density at radius 2 is 2.08 bits per heavy atom. The average Bonchev–Trinajstić information content (AvgIpc) is 3.23. The number of hydrogen-bond acceptors (Lipinski definition) is 5. The minimum absolute atomic E-state index is 0.132. The van der Waals surface area contributed by atoms with Crippen molar-refractivity contribution in [3.05, 3.63) is 63.8 Å². The summed E-state index contributed by atoms with van der Waals surface area (Å²) in [4.78, 5) is 27.9. The van der Waals surface area contributed by atoms with E-state index in [-0.39, 0.29) is 11.7 Å². The summed E-state index contributed by atoms with van der Waals surface area (Å²) < 4.78 is 0. The summed E-state index contributed by atoms with van der Waals surface area (Å²) in [5.74, 6) is -0.300. The second-order valence-corrected chi connectivity index (χ2v) is 6.69. The number of amides is 1. The van der Waals surface area contributed by atoms with E-state index in [0.717, 1.165) is 16.3 Å². The Morgan fingerprint density at radius 1 is 1.21 bits per heavy atom. The first kappa shape index (κ1) is 16.3. The van der Waals surface area contributed by atoms with Gasteiger partial charge in [-0.3, -0.25) is 9.59 Å². The third kappa shape index (κ3) is 4.04. The quantitative estimate of drug-likeness (QED) is 0.532. The number of aromatic nitrogens is 1. The van der Waals surface area contributed by atoms with Crippen molar-refractivity contribution in [1.82, 2.24) is 4.98 Å². The van der Waals surface area contributed by atoms with Crippen LogP contribution in [-0.2, 0) is 4.79 Å². The third-order valence-electron chi connectivity index (χ3n) is 3.16. The van der Waals surface area contributed by atoms with Gasteiger partial charge >= 0.3 is 0 Å². The van der Waals surface area contributed by atoms with Gasteiger partial charge in [0, 0.05) is 34.5 Å². The molecule has 3 rings (SSSR count). The second-order valence-electron chi connectivity index (χ2n) is 5.05. The number of allylic oxidation sites excluding steroid dienone is 1. The minimum Gasteiger partial charge on any atom is -0.326 e. The first-order chi connectivity index (χ1) is 11.6. The fourth-order valence-electron chi connectivity index (χ4n) is 2.09. The summed E-state index contributed by atoms with van der Waals surface area (Å²) in [5, 5.41) is 9.59. The Bertz CT molecular complexity index is 895. The molecule has 0 bridgehead atoms. The van der Waals surface area contributed by atoms with Crippen molar-refractivity contribution in [2.24, 2.45) is 0 Å². The Hall–Kier alpha value is -2.57. The molecule has 0 aliphatic heterocycles. The molecule has 1 aromatic carbocycles. The summed E-state index contributed by atoms with van der Waals surface area (Å²) in [5.41, 5.74) is 2.98. The van der Waals surface area contributed by atoms with Gasteiger partial charge in [-0.1, -0.05) is 12.1 Å². The van der Waals surface area contributed by atoms with Crippen LogP contribution in [0.3, 0.4) is 0 Å². The summed E-state index contributed by atoms with van der Waals surface area (Å²) in [6, 6.07) is 8.89.